The fraction of sp³-hybridized carbons (Fsp3) is 0.375. The van der Waals surface area contributed by atoms with Gasteiger partial charge in [-0.2, -0.15) is 0 Å². The van der Waals surface area contributed by atoms with Crippen molar-refractivity contribution in [2.75, 3.05) is 13.7 Å². The van der Waals surface area contributed by atoms with Crippen LogP contribution >= 0.6 is 0 Å². The summed E-state index contributed by atoms with van der Waals surface area (Å²) in [4.78, 5) is 24.2. The van der Waals surface area contributed by atoms with E-state index in [9.17, 15) is 9.59 Å². The molecule has 8 nitrogen and oxygen atoms in total. The Kier molecular flexibility index (Phi) is 11.2. The summed E-state index contributed by atoms with van der Waals surface area (Å²) in [6.45, 7) is 2.11. The lowest BCUT2D eigenvalue weighted by Crippen LogP contribution is -2.61. The Morgan fingerprint density at radius 3 is 1.50 bits per heavy atom. The highest BCUT2D eigenvalue weighted by atomic mass is 16.6. The molecule has 1 unspecified atom stereocenters. The molecule has 5 atom stereocenters. The maximum Gasteiger partial charge on any atom is 0.308 e. The van der Waals surface area contributed by atoms with Crippen molar-refractivity contribution in [3.05, 3.63) is 108 Å². The molecule has 1 heterocycles. The predicted molar refractivity (Wildman–Crippen MR) is 147 cm³/mol. The van der Waals surface area contributed by atoms with Gasteiger partial charge in [0.1, 0.15) is 31.0 Å². The molecule has 40 heavy (non-hydrogen) atoms. The van der Waals surface area contributed by atoms with Crippen molar-refractivity contribution in [3.63, 3.8) is 0 Å². The molecular weight excluding hydrogens is 512 g/mol. The van der Waals surface area contributed by atoms with Gasteiger partial charge < -0.3 is 28.4 Å². The highest BCUT2D eigenvalue weighted by Crippen LogP contribution is 2.32. The molecule has 8 heteroatoms. The van der Waals surface area contributed by atoms with Gasteiger partial charge >= 0.3 is 11.9 Å². The van der Waals surface area contributed by atoms with Crippen LogP contribution in [-0.2, 0) is 57.8 Å². The molecule has 1 saturated heterocycles. The molecule has 4 rings (SSSR count). The van der Waals surface area contributed by atoms with E-state index in [4.69, 9.17) is 28.4 Å². The molecule has 0 bridgehead atoms. The average Bonchev–Trinajstić information content (AvgIpc) is 2.99. The summed E-state index contributed by atoms with van der Waals surface area (Å²) in [5, 5.41) is 0. The van der Waals surface area contributed by atoms with Crippen LogP contribution in [-0.4, -0.2) is 56.2 Å². The summed E-state index contributed by atoms with van der Waals surface area (Å²) in [7, 11) is 1.33. The Balaban J connectivity index is 1.65. The Morgan fingerprint density at radius 2 is 1.07 bits per heavy atom. The zero-order valence-corrected chi connectivity index (χ0v) is 22.8. The van der Waals surface area contributed by atoms with Gasteiger partial charge in [0.15, 0.2) is 0 Å². The predicted octanol–water partition coefficient (Wildman–Crippen LogP) is 4.64. The van der Waals surface area contributed by atoms with Crippen LogP contribution < -0.4 is 0 Å². The van der Waals surface area contributed by atoms with Gasteiger partial charge in [-0.25, -0.2) is 0 Å². The van der Waals surface area contributed by atoms with Gasteiger partial charge in [0.05, 0.1) is 39.5 Å². The second-order valence-corrected chi connectivity index (χ2v) is 9.58. The minimum absolute atomic E-state index is 0.0663. The third kappa shape index (κ3) is 8.72. The highest BCUT2D eigenvalue weighted by molar-refractivity contribution is 5.70. The van der Waals surface area contributed by atoms with Crippen LogP contribution in [0.1, 0.15) is 30.0 Å². The maximum atomic E-state index is 12.4. The van der Waals surface area contributed by atoms with E-state index in [1.165, 1.54) is 14.0 Å². The molecule has 1 aliphatic heterocycles. The van der Waals surface area contributed by atoms with Gasteiger partial charge in [0.25, 0.3) is 0 Å². The summed E-state index contributed by atoms with van der Waals surface area (Å²) < 4.78 is 36.1. The van der Waals surface area contributed by atoms with Crippen LogP contribution in [0.25, 0.3) is 0 Å². The first-order valence-electron chi connectivity index (χ1n) is 13.4. The normalized spacial score (nSPS) is 22.4. The molecule has 0 saturated carbocycles. The lowest BCUT2D eigenvalue weighted by molar-refractivity contribution is -0.271. The van der Waals surface area contributed by atoms with Crippen LogP contribution in [0.5, 0.6) is 0 Å². The van der Waals surface area contributed by atoms with E-state index in [1.807, 2.05) is 91.0 Å². The second-order valence-electron chi connectivity index (χ2n) is 9.58. The Hall–Kier alpha value is -3.56. The number of benzene rings is 3. The van der Waals surface area contributed by atoms with Crippen molar-refractivity contribution in [1.29, 1.82) is 0 Å². The van der Waals surface area contributed by atoms with Crippen LogP contribution in [0.3, 0.4) is 0 Å². The Morgan fingerprint density at radius 1 is 0.650 bits per heavy atom. The first kappa shape index (κ1) is 29.4. The van der Waals surface area contributed by atoms with Crippen LogP contribution in [0.4, 0.5) is 0 Å². The van der Waals surface area contributed by atoms with E-state index in [-0.39, 0.29) is 32.8 Å². The second kappa shape index (κ2) is 15.3. The molecule has 212 valence electrons. The molecule has 0 radical (unpaired) electrons. The number of carbonyl (C=O) groups is 2. The molecule has 0 spiro atoms. The van der Waals surface area contributed by atoms with Crippen molar-refractivity contribution < 1.29 is 38.0 Å². The summed E-state index contributed by atoms with van der Waals surface area (Å²) in [6, 6.07) is 29.3. The smallest absolute Gasteiger partial charge is 0.308 e. The highest BCUT2D eigenvalue weighted by Gasteiger charge is 2.49. The van der Waals surface area contributed by atoms with Crippen LogP contribution in [0, 0.1) is 0 Å². The standard InChI is InChI=1S/C32H36O8/c1-23(33)36-22-28-31(38-20-25-14-8-4-9-15-25)32(39-21-26-16-10-5-11-17-26)30(27(40-28)18-29(34)35-2)37-19-24-12-6-3-7-13-24/h3-17,27-28,30-32H,18-22H2,1-2H3/t27?,28-,30+,31+,32-/m1/s1. The van der Waals surface area contributed by atoms with Crippen LogP contribution in [0.2, 0.25) is 0 Å². The lowest BCUT2D eigenvalue weighted by atomic mass is 9.92. The molecule has 0 aliphatic carbocycles. The molecule has 0 amide bonds. The van der Waals surface area contributed by atoms with Crippen molar-refractivity contribution in [1.82, 2.24) is 0 Å². The van der Waals surface area contributed by atoms with Gasteiger partial charge in [0, 0.05) is 6.92 Å². The fourth-order valence-electron chi connectivity index (χ4n) is 4.63. The molecule has 1 fully saturated rings. The van der Waals surface area contributed by atoms with E-state index < -0.39 is 42.5 Å². The SMILES string of the molecule is COC(=O)CC1O[C@H](COC(C)=O)[C@H](OCc2ccccc2)[C@H](OCc2ccccc2)[C@H]1OCc1ccccc1. The van der Waals surface area contributed by atoms with E-state index in [0.29, 0.717) is 0 Å². The molecule has 0 N–H and O–H groups in total. The maximum absolute atomic E-state index is 12.4. The minimum atomic E-state index is -0.728. The van der Waals surface area contributed by atoms with Crippen molar-refractivity contribution in [2.24, 2.45) is 0 Å². The monoisotopic (exact) mass is 548 g/mol. The number of ether oxygens (including phenoxy) is 6. The van der Waals surface area contributed by atoms with Gasteiger partial charge in [-0.15, -0.1) is 0 Å². The number of esters is 2. The lowest BCUT2D eigenvalue weighted by Gasteiger charge is -2.46. The van der Waals surface area contributed by atoms with Crippen molar-refractivity contribution in [2.45, 2.75) is 63.7 Å². The molecule has 3 aromatic carbocycles. The number of carbonyl (C=O) groups excluding carboxylic acids is 2. The molecule has 0 aromatic heterocycles. The Labute approximate surface area is 235 Å². The van der Waals surface area contributed by atoms with Crippen LogP contribution in [0.15, 0.2) is 91.0 Å². The zero-order chi connectivity index (χ0) is 28.2. The van der Waals surface area contributed by atoms with E-state index >= 15 is 0 Å². The third-order valence-electron chi connectivity index (χ3n) is 6.63. The van der Waals surface area contributed by atoms with Crippen molar-refractivity contribution in [3.8, 4) is 0 Å². The Bertz CT molecular complexity index is 1170. The quantitative estimate of drug-likeness (QED) is 0.286. The van der Waals surface area contributed by atoms with E-state index in [2.05, 4.69) is 0 Å². The topological polar surface area (TPSA) is 89.5 Å². The van der Waals surface area contributed by atoms with Gasteiger partial charge in [-0.1, -0.05) is 91.0 Å². The van der Waals surface area contributed by atoms with E-state index in [0.717, 1.165) is 16.7 Å². The summed E-state index contributed by atoms with van der Waals surface area (Å²) >= 11 is 0. The number of hydrogen-bond acceptors (Lipinski definition) is 8. The molecular formula is C32H36O8. The van der Waals surface area contributed by atoms with Gasteiger partial charge in [0.2, 0.25) is 0 Å². The minimum Gasteiger partial charge on any atom is -0.469 e. The fourth-order valence-corrected chi connectivity index (χ4v) is 4.63. The summed E-state index contributed by atoms with van der Waals surface area (Å²) in [5.41, 5.74) is 2.90. The number of hydrogen-bond donors (Lipinski definition) is 0. The molecule has 3 aromatic rings. The van der Waals surface area contributed by atoms with Crippen molar-refractivity contribution >= 4 is 11.9 Å². The van der Waals surface area contributed by atoms with E-state index in [1.54, 1.807) is 0 Å². The van der Waals surface area contributed by atoms with Gasteiger partial charge in [-0.05, 0) is 16.7 Å². The third-order valence-corrected chi connectivity index (χ3v) is 6.63. The average molecular weight is 549 g/mol. The summed E-state index contributed by atoms with van der Waals surface area (Å²) in [6.07, 6.45) is -3.51. The number of methoxy groups -OCH3 is 1. The summed E-state index contributed by atoms with van der Waals surface area (Å²) in [5.74, 6) is -0.894. The first-order chi connectivity index (χ1) is 19.5. The number of rotatable bonds is 13. The first-order valence-corrected chi connectivity index (χ1v) is 13.4. The molecule has 1 aliphatic rings. The van der Waals surface area contributed by atoms with Gasteiger partial charge in [-0.3, -0.25) is 9.59 Å². The largest absolute Gasteiger partial charge is 0.469 e. The zero-order valence-electron chi connectivity index (χ0n) is 22.8.